The number of carbonyl (C=O) groups is 1. The molecule has 0 saturated carbocycles. The van der Waals surface area contributed by atoms with Crippen molar-refractivity contribution in [2.45, 2.75) is 13.8 Å². The molecule has 0 atom stereocenters. The molecule has 0 saturated heterocycles. The third-order valence-corrected chi connectivity index (χ3v) is 2.32. The summed E-state index contributed by atoms with van der Waals surface area (Å²) >= 11 is 0. The number of carbonyl (C=O) groups excluding carboxylic acids is 1. The zero-order chi connectivity index (χ0) is 12.7. The quantitative estimate of drug-likeness (QED) is 0.478. The fraction of sp³-hybridized carbons (Fsp3) is 0.500. The van der Waals surface area contributed by atoms with Gasteiger partial charge < -0.3 is 15.6 Å². The van der Waals surface area contributed by atoms with Crippen molar-refractivity contribution in [1.82, 2.24) is 14.9 Å². The Morgan fingerprint density at radius 2 is 2.00 bits per heavy atom. The average Bonchev–Trinajstić information content (AvgIpc) is 2.38. The van der Waals surface area contributed by atoms with Crippen LogP contribution in [0, 0.1) is 0 Å². The highest BCUT2D eigenvalue weighted by Crippen LogP contribution is 2.04. The van der Waals surface area contributed by atoms with Crippen LogP contribution in [0.3, 0.4) is 0 Å². The molecule has 7 heteroatoms. The number of rotatable bonds is 6. The lowest BCUT2D eigenvalue weighted by molar-refractivity contribution is -0.128. The third kappa shape index (κ3) is 3.87. The van der Waals surface area contributed by atoms with Gasteiger partial charge in [-0.25, -0.2) is 10.8 Å². The van der Waals surface area contributed by atoms with Crippen molar-refractivity contribution in [1.29, 1.82) is 0 Å². The Kier molecular flexibility index (Phi) is 5.15. The fourth-order valence-electron chi connectivity index (χ4n) is 1.37. The van der Waals surface area contributed by atoms with Crippen molar-refractivity contribution in [3.63, 3.8) is 0 Å². The highest BCUT2D eigenvalue weighted by molar-refractivity contribution is 5.80. The van der Waals surface area contributed by atoms with Crippen LogP contribution in [0.1, 0.15) is 13.8 Å². The summed E-state index contributed by atoms with van der Waals surface area (Å²) in [6, 6.07) is 0. The van der Waals surface area contributed by atoms with Crippen LogP contribution in [0.15, 0.2) is 12.4 Å². The Morgan fingerprint density at radius 3 is 2.59 bits per heavy atom. The maximum atomic E-state index is 11.7. The first-order valence-corrected chi connectivity index (χ1v) is 5.51. The maximum absolute atomic E-state index is 11.7. The summed E-state index contributed by atoms with van der Waals surface area (Å²) in [4.78, 5) is 21.5. The number of nitrogen functional groups attached to an aromatic ring is 1. The molecule has 0 bridgehead atoms. The summed E-state index contributed by atoms with van der Waals surface area (Å²) in [5, 5.41) is 2.91. The zero-order valence-corrected chi connectivity index (χ0v) is 10.1. The Labute approximate surface area is 100 Å². The number of hydrogen-bond donors (Lipinski definition) is 3. The normalized spacial score (nSPS) is 9.82. The van der Waals surface area contributed by atoms with E-state index in [4.69, 9.17) is 5.84 Å². The van der Waals surface area contributed by atoms with Crippen LogP contribution < -0.4 is 16.6 Å². The first kappa shape index (κ1) is 13.2. The lowest BCUT2D eigenvalue weighted by Gasteiger charge is -2.18. The number of nitrogens with zero attached hydrogens (tertiary/aromatic N) is 3. The molecule has 0 aliphatic carbocycles. The van der Waals surface area contributed by atoms with E-state index in [0.29, 0.717) is 24.7 Å². The van der Waals surface area contributed by atoms with Gasteiger partial charge in [-0.15, -0.1) is 0 Å². The van der Waals surface area contributed by atoms with Crippen molar-refractivity contribution >= 4 is 17.5 Å². The zero-order valence-electron chi connectivity index (χ0n) is 10.1. The standard InChI is InChI=1S/C10H18N6O/c1-3-16(4-2)10(17)7-13-8-5-12-6-9(14-8)15-11/h5-6H,3-4,7,11H2,1-2H3,(H2,13,14,15). The molecule has 0 aliphatic heterocycles. The number of aromatic nitrogens is 2. The van der Waals surface area contributed by atoms with Crippen molar-refractivity contribution in [3.05, 3.63) is 12.4 Å². The highest BCUT2D eigenvalue weighted by Gasteiger charge is 2.09. The van der Waals surface area contributed by atoms with E-state index in [1.807, 2.05) is 13.8 Å². The van der Waals surface area contributed by atoms with Crippen molar-refractivity contribution in [2.24, 2.45) is 5.84 Å². The number of hydrazine groups is 1. The predicted octanol–water partition coefficient (Wildman–Crippen LogP) is 0.0425. The molecule has 0 spiro atoms. The van der Waals surface area contributed by atoms with Gasteiger partial charge in [-0.2, -0.15) is 0 Å². The van der Waals surface area contributed by atoms with Gasteiger partial charge in [0.15, 0.2) is 5.82 Å². The Balaban J connectivity index is 2.52. The number of hydrogen-bond acceptors (Lipinski definition) is 6. The first-order valence-electron chi connectivity index (χ1n) is 5.51. The van der Waals surface area contributed by atoms with Crippen LogP contribution in [0.2, 0.25) is 0 Å². The molecule has 0 radical (unpaired) electrons. The Bertz CT molecular complexity index is 366. The largest absolute Gasteiger partial charge is 0.360 e. The van der Waals surface area contributed by atoms with E-state index >= 15 is 0 Å². The van der Waals surface area contributed by atoms with E-state index in [9.17, 15) is 4.79 Å². The molecular weight excluding hydrogens is 220 g/mol. The number of likely N-dealkylation sites (N-methyl/N-ethyl adjacent to an activating group) is 1. The lowest BCUT2D eigenvalue weighted by atomic mass is 10.4. The number of nitrogens with two attached hydrogens (primary N) is 1. The summed E-state index contributed by atoms with van der Waals surface area (Å²) in [6.07, 6.45) is 3.04. The van der Waals surface area contributed by atoms with Gasteiger partial charge in [-0.1, -0.05) is 0 Å². The summed E-state index contributed by atoms with van der Waals surface area (Å²) < 4.78 is 0. The minimum atomic E-state index is 0.0305. The molecule has 1 rings (SSSR count). The molecule has 0 fully saturated rings. The molecule has 1 amide bonds. The van der Waals surface area contributed by atoms with Gasteiger partial charge in [0.05, 0.1) is 18.9 Å². The summed E-state index contributed by atoms with van der Waals surface area (Å²) in [5.74, 6) is 6.21. The molecule has 7 nitrogen and oxygen atoms in total. The minimum absolute atomic E-state index is 0.0305. The topological polar surface area (TPSA) is 96.2 Å². The molecule has 17 heavy (non-hydrogen) atoms. The molecule has 94 valence electrons. The molecule has 1 aromatic heterocycles. The van der Waals surface area contributed by atoms with Gasteiger partial charge in [0.1, 0.15) is 5.82 Å². The Morgan fingerprint density at radius 1 is 1.35 bits per heavy atom. The van der Waals surface area contributed by atoms with Gasteiger partial charge in [-0.05, 0) is 13.8 Å². The summed E-state index contributed by atoms with van der Waals surface area (Å²) in [6.45, 7) is 5.49. The molecule has 0 aliphatic rings. The predicted molar refractivity (Wildman–Crippen MR) is 66.3 cm³/mol. The van der Waals surface area contributed by atoms with Crippen LogP contribution in [0.5, 0.6) is 0 Å². The Hall–Kier alpha value is -1.89. The highest BCUT2D eigenvalue weighted by atomic mass is 16.2. The summed E-state index contributed by atoms with van der Waals surface area (Å²) in [7, 11) is 0. The minimum Gasteiger partial charge on any atom is -0.360 e. The van der Waals surface area contributed by atoms with E-state index in [2.05, 4.69) is 20.7 Å². The summed E-state index contributed by atoms with van der Waals surface area (Å²) in [5.41, 5.74) is 2.39. The molecule has 1 aromatic rings. The van der Waals surface area contributed by atoms with E-state index in [1.165, 1.54) is 12.4 Å². The van der Waals surface area contributed by atoms with Gasteiger partial charge >= 0.3 is 0 Å². The monoisotopic (exact) mass is 238 g/mol. The van der Waals surface area contributed by atoms with Gasteiger partial charge in [0, 0.05) is 13.1 Å². The SMILES string of the molecule is CCN(CC)C(=O)CNc1cncc(NN)n1. The second-order valence-corrected chi connectivity index (χ2v) is 3.35. The van der Waals surface area contributed by atoms with Crippen LogP contribution in [-0.2, 0) is 4.79 Å². The second kappa shape index (κ2) is 6.64. The molecule has 0 aromatic carbocycles. The van der Waals surface area contributed by atoms with Crippen molar-refractivity contribution < 1.29 is 4.79 Å². The third-order valence-electron chi connectivity index (χ3n) is 2.32. The lowest BCUT2D eigenvalue weighted by Crippen LogP contribution is -2.35. The average molecular weight is 238 g/mol. The number of anilines is 2. The fourth-order valence-corrected chi connectivity index (χ4v) is 1.37. The van der Waals surface area contributed by atoms with E-state index in [-0.39, 0.29) is 12.5 Å². The van der Waals surface area contributed by atoms with E-state index < -0.39 is 0 Å². The van der Waals surface area contributed by atoms with Gasteiger partial charge in [0.25, 0.3) is 0 Å². The number of nitrogens with one attached hydrogen (secondary N) is 2. The van der Waals surface area contributed by atoms with Gasteiger partial charge in [0.2, 0.25) is 5.91 Å². The van der Waals surface area contributed by atoms with Crippen LogP contribution in [0.25, 0.3) is 0 Å². The van der Waals surface area contributed by atoms with Crippen molar-refractivity contribution in [2.75, 3.05) is 30.4 Å². The van der Waals surface area contributed by atoms with Gasteiger partial charge in [-0.3, -0.25) is 9.78 Å². The van der Waals surface area contributed by atoms with E-state index in [0.717, 1.165) is 0 Å². The maximum Gasteiger partial charge on any atom is 0.241 e. The van der Waals surface area contributed by atoms with E-state index in [1.54, 1.807) is 4.90 Å². The van der Waals surface area contributed by atoms with Crippen LogP contribution in [-0.4, -0.2) is 40.4 Å². The number of amides is 1. The molecule has 4 N–H and O–H groups in total. The van der Waals surface area contributed by atoms with Crippen LogP contribution >= 0.6 is 0 Å². The van der Waals surface area contributed by atoms with Crippen LogP contribution in [0.4, 0.5) is 11.6 Å². The molecular formula is C10H18N6O. The second-order valence-electron chi connectivity index (χ2n) is 3.35. The first-order chi connectivity index (χ1) is 8.21. The van der Waals surface area contributed by atoms with Crippen molar-refractivity contribution in [3.8, 4) is 0 Å². The molecule has 0 unspecified atom stereocenters. The molecule has 1 heterocycles. The smallest absolute Gasteiger partial charge is 0.241 e.